The van der Waals surface area contributed by atoms with Gasteiger partial charge in [-0.25, -0.2) is 10.3 Å². The van der Waals surface area contributed by atoms with Gasteiger partial charge in [0.25, 0.3) is 5.91 Å². The van der Waals surface area contributed by atoms with Crippen LogP contribution in [0.5, 0.6) is 5.75 Å². The minimum absolute atomic E-state index is 0.0306. The number of ether oxygens (including phenoxy) is 2. The van der Waals surface area contributed by atoms with Crippen molar-refractivity contribution in [1.82, 2.24) is 15.3 Å². The Morgan fingerprint density at radius 2 is 1.96 bits per heavy atom. The van der Waals surface area contributed by atoms with Gasteiger partial charge < -0.3 is 19.3 Å². The maximum atomic E-state index is 13.0. The van der Waals surface area contributed by atoms with Gasteiger partial charge in [-0.05, 0) is 26.0 Å². The van der Waals surface area contributed by atoms with E-state index in [1.165, 1.54) is 0 Å². The number of hydrogen-bond donors (Lipinski definition) is 2. The third-order valence-corrected chi connectivity index (χ3v) is 4.64. The summed E-state index contributed by atoms with van der Waals surface area (Å²) >= 11 is 0. The molecule has 2 aliphatic rings. The predicted octanol–water partition coefficient (Wildman–Crippen LogP) is 1.23. The quantitative estimate of drug-likeness (QED) is 0.588. The summed E-state index contributed by atoms with van der Waals surface area (Å²) in [5, 5.41) is 8.76. The van der Waals surface area contributed by atoms with E-state index in [2.05, 4.69) is 0 Å². The Morgan fingerprint density at radius 1 is 1.20 bits per heavy atom. The minimum Gasteiger partial charge on any atom is -0.491 e. The van der Waals surface area contributed by atoms with Crippen molar-refractivity contribution in [2.24, 2.45) is 0 Å². The second-order valence-corrected chi connectivity index (χ2v) is 6.45. The van der Waals surface area contributed by atoms with Crippen LogP contribution in [-0.4, -0.2) is 65.4 Å². The zero-order valence-electron chi connectivity index (χ0n) is 14.4. The van der Waals surface area contributed by atoms with Crippen LogP contribution in [0.3, 0.4) is 0 Å². The summed E-state index contributed by atoms with van der Waals surface area (Å²) in [6, 6.07) is 4.83. The lowest BCUT2D eigenvalue weighted by atomic mass is 10.1. The Kier molecular flexibility index (Phi) is 5.10. The van der Waals surface area contributed by atoms with E-state index < -0.39 is 5.91 Å². The predicted molar refractivity (Wildman–Crippen MR) is 88.6 cm³/mol. The average molecular weight is 349 g/mol. The number of rotatable bonds is 1. The Hall–Kier alpha value is -2.32. The van der Waals surface area contributed by atoms with Crippen molar-refractivity contribution in [3.05, 3.63) is 29.3 Å². The third kappa shape index (κ3) is 3.54. The number of urea groups is 1. The lowest BCUT2D eigenvalue weighted by Crippen LogP contribution is -2.54. The van der Waals surface area contributed by atoms with E-state index in [0.29, 0.717) is 44.2 Å². The molecule has 2 heterocycles. The summed E-state index contributed by atoms with van der Waals surface area (Å²) < 4.78 is 11.2. The van der Waals surface area contributed by atoms with Gasteiger partial charge in [-0.1, -0.05) is 6.07 Å². The van der Waals surface area contributed by atoms with Gasteiger partial charge in [0, 0.05) is 17.7 Å². The molecule has 136 valence electrons. The third-order valence-electron chi connectivity index (χ3n) is 4.64. The van der Waals surface area contributed by atoms with Crippen LogP contribution in [0.1, 0.15) is 29.8 Å². The van der Waals surface area contributed by atoms with Crippen LogP contribution < -0.4 is 10.2 Å². The van der Waals surface area contributed by atoms with E-state index in [1.807, 2.05) is 18.7 Å². The molecule has 1 aromatic carbocycles. The smallest absolute Gasteiger partial charge is 0.321 e. The number of nitrogens with zero attached hydrogens (tertiary/aromatic N) is 2. The van der Waals surface area contributed by atoms with E-state index in [0.717, 1.165) is 5.56 Å². The van der Waals surface area contributed by atoms with Crippen molar-refractivity contribution in [2.45, 2.75) is 32.5 Å². The molecule has 0 radical (unpaired) electrons. The molecule has 2 N–H and O–H groups in total. The molecule has 1 unspecified atom stereocenters. The largest absolute Gasteiger partial charge is 0.491 e. The molecule has 8 heteroatoms. The molecule has 2 aliphatic heterocycles. The molecule has 3 rings (SSSR count). The van der Waals surface area contributed by atoms with E-state index in [4.69, 9.17) is 14.7 Å². The Labute approximate surface area is 146 Å². The highest BCUT2D eigenvalue weighted by Crippen LogP contribution is 2.27. The van der Waals surface area contributed by atoms with Gasteiger partial charge in [0.1, 0.15) is 12.4 Å². The fraction of sp³-hybridized carbons (Fsp3) is 0.529. The molecule has 0 aliphatic carbocycles. The molecule has 0 aromatic heterocycles. The molecule has 3 amide bonds. The fourth-order valence-electron chi connectivity index (χ4n) is 3.10. The number of nitrogens with one attached hydrogen (secondary N) is 1. The van der Waals surface area contributed by atoms with Crippen LogP contribution in [0.4, 0.5) is 4.79 Å². The van der Waals surface area contributed by atoms with Crippen LogP contribution in [-0.2, 0) is 11.3 Å². The monoisotopic (exact) mass is 349 g/mol. The van der Waals surface area contributed by atoms with Crippen molar-refractivity contribution in [3.63, 3.8) is 0 Å². The zero-order valence-corrected chi connectivity index (χ0v) is 14.4. The van der Waals surface area contributed by atoms with E-state index >= 15 is 0 Å². The molecule has 0 saturated carbocycles. The number of hydrogen-bond acceptors (Lipinski definition) is 5. The zero-order chi connectivity index (χ0) is 18.0. The first-order valence-corrected chi connectivity index (χ1v) is 8.36. The lowest BCUT2D eigenvalue weighted by molar-refractivity contribution is 0.00600. The van der Waals surface area contributed by atoms with Crippen molar-refractivity contribution in [2.75, 3.05) is 26.4 Å². The van der Waals surface area contributed by atoms with Crippen molar-refractivity contribution >= 4 is 11.9 Å². The van der Waals surface area contributed by atoms with Crippen molar-refractivity contribution in [1.29, 1.82) is 0 Å². The lowest BCUT2D eigenvalue weighted by Gasteiger charge is -2.38. The first-order valence-electron chi connectivity index (χ1n) is 8.36. The van der Waals surface area contributed by atoms with Crippen LogP contribution in [0, 0.1) is 0 Å². The highest BCUT2D eigenvalue weighted by molar-refractivity contribution is 5.93. The summed E-state index contributed by atoms with van der Waals surface area (Å²) in [6.45, 7) is 6.32. The molecule has 1 fully saturated rings. The number of benzene rings is 1. The number of carbonyl (C=O) groups excluding carboxylic acids is 2. The van der Waals surface area contributed by atoms with Crippen LogP contribution in [0.2, 0.25) is 0 Å². The van der Waals surface area contributed by atoms with E-state index in [-0.39, 0.29) is 18.1 Å². The van der Waals surface area contributed by atoms with Crippen LogP contribution in [0.15, 0.2) is 18.2 Å². The molecule has 25 heavy (non-hydrogen) atoms. The minimum atomic E-state index is -0.598. The molecule has 1 aromatic rings. The van der Waals surface area contributed by atoms with Gasteiger partial charge in [-0.15, -0.1) is 0 Å². The summed E-state index contributed by atoms with van der Waals surface area (Å²) in [6.07, 6.45) is 0. The first kappa shape index (κ1) is 17.5. The maximum Gasteiger partial charge on any atom is 0.321 e. The van der Waals surface area contributed by atoms with E-state index in [9.17, 15) is 9.59 Å². The molecule has 0 bridgehead atoms. The SMILES string of the molecule is CC1COCCN1C(=O)N1Cc2ccc(C(=O)NO)cc2OC[C@@H]1C. The van der Waals surface area contributed by atoms with Gasteiger partial charge in [-0.2, -0.15) is 0 Å². The second-order valence-electron chi connectivity index (χ2n) is 6.45. The van der Waals surface area contributed by atoms with E-state index in [1.54, 1.807) is 28.6 Å². The molecular formula is C17H23N3O5. The molecule has 1 saturated heterocycles. The molecule has 2 atom stereocenters. The van der Waals surface area contributed by atoms with Gasteiger partial charge in [-0.3, -0.25) is 10.0 Å². The number of amides is 3. The number of hydroxylamine groups is 1. The van der Waals surface area contributed by atoms with Crippen LogP contribution >= 0.6 is 0 Å². The standard InChI is InChI=1S/C17H23N3O5/c1-11-9-24-6-5-19(11)17(22)20-8-14-4-3-13(16(21)18-23)7-15(14)25-10-12(20)2/h3-4,7,11-12,23H,5-6,8-10H2,1-2H3,(H,18,21)/t11?,12-/m0/s1. The normalized spacial score (nSPS) is 23.3. The second kappa shape index (κ2) is 7.28. The average Bonchev–Trinajstić information content (AvgIpc) is 2.79. The summed E-state index contributed by atoms with van der Waals surface area (Å²) in [5.74, 6) is -0.0444. The maximum absolute atomic E-state index is 13.0. The van der Waals surface area contributed by atoms with Crippen molar-refractivity contribution in [3.8, 4) is 5.75 Å². The van der Waals surface area contributed by atoms with Crippen LogP contribution in [0.25, 0.3) is 0 Å². The first-order chi connectivity index (χ1) is 12.0. The topological polar surface area (TPSA) is 91.3 Å². The van der Waals surface area contributed by atoms with Gasteiger partial charge >= 0.3 is 6.03 Å². The number of fused-ring (bicyclic) bond motifs is 1. The van der Waals surface area contributed by atoms with Gasteiger partial charge in [0.05, 0.1) is 31.8 Å². The summed E-state index contributed by atoms with van der Waals surface area (Å²) in [7, 11) is 0. The van der Waals surface area contributed by atoms with Gasteiger partial charge in [0.2, 0.25) is 0 Å². The van der Waals surface area contributed by atoms with Crippen molar-refractivity contribution < 1.29 is 24.3 Å². The number of morpholine rings is 1. The summed E-state index contributed by atoms with van der Waals surface area (Å²) in [4.78, 5) is 28.2. The highest BCUT2D eigenvalue weighted by atomic mass is 16.5. The molecule has 0 spiro atoms. The molecular weight excluding hydrogens is 326 g/mol. The Bertz CT molecular complexity index is 666. The Balaban J connectivity index is 1.82. The molecule has 8 nitrogen and oxygen atoms in total. The Morgan fingerprint density at radius 3 is 2.68 bits per heavy atom. The van der Waals surface area contributed by atoms with Gasteiger partial charge in [0.15, 0.2) is 0 Å². The fourth-order valence-corrected chi connectivity index (χ4v) is 3.10. The highest BCUT2D eigenvalue weighted by Gasteiger charge is 2.32. The number of carbonyl (C=O) groups is 2. The summed E-state index contributed by atoms with van der Waals surface area (Å²) in [5.41, 5.74) is 2.74.